The molecule has 0 spiro atoms. The predicted molar refractivity (Wildman–Crippen MR) is 151 cm³/mol. The first kappa shape index (κ1) is 28.6. The Labute approximate surface area is 230 Å². The summed E-state index contributed by atoms with van der Waals surface area (Å²) in [5, 5.41) is 2.69. The SMILES string of the molecule is COc1ccc(S(=O)(=O)N(CC(=O)Nc2ccc(S(=O)(=O)N3CCCCCC3)cc2)c2ccc(C)cc2)cc1. The minimum Gasteiger partial charge on any atom is -0.497 e. The molecule has 0 atom stereocenters. The number of hydrogen-bond donors (Lipinski definition) is 1. The van der Waals surface area contributed by atoms with E-state index >= 15 is 0 Å². The van der Waals surface area contributed by atoms with Gasteiger partial charge in [0.15, 0.2) is 0 Å². The molecule has 0 unspecified atom stereocenters. The number of aryl methyl sites for hydroxylation is 1. The van der Waals surface area contributed by atoms with Gasteiger partial charge in [-0.1, -0.05) is 30.5 Å². The Morgan fingerprint density at radius 1 is 0.821 bits per heavy atom. The molecule has 11 heteroatoms. The number of anilines is 2. The summed E-state index contributed by atoms with van der Waals surface area (Å²) in [7, 11) is -6.22. The highest BCUT2D eigenvalue weighted by Gasteiger charge is 2.28. The largest absolute Gasteiger partial charge is 0.497 e. The fourth-order valence-electron chi connectivity index (χ4n) is 4.37. The number of amides is 1. The van der Waals surface area contributed by atoms with Crippen LogP contribution in [0.5, 0.6) is 5.75 Å². The van der Waals surface area contributed by atoms with Crippen LogP contribution in [0.25, 0.3) is 0 Å². The van der Waals surface area contributed by atoms with E-state index in [0.29, 0.717) is 30.2 Å². The predicted octanol–water partition coefficient (Wildman–Crippen LogP) is 4.40. The summed E-state index contributed by atoms with van der Waals surface area (Å²) in [5.74, 6) is -0.0642. The molecule has 1 saturated heterocycles. The molecule has 1 aliphatic rings. The Kier molecular flexibility index (Phi) is 8.94. The molecule has 0 aromatic heterocycles. The van der Waals surface area contributed by atoms with Crippen molar-refractivity contribution in [1.29, 1.82) is 0 Å². The van der Waals surface area contributed by atoms with Crippen LogP contribution in [-0.2, 0) is 24.8 Å². The Morgan fingerprint density at radius 2 is 1.38 bits per heavy atom. The summed E-state index contributed by atoms with van der Waals surface area (Å²) in [6.45, 7) is 2.40. The molecule has 1 fully saturated rings. The van der Waals surface area contributed by atoms with Crippen LogP contribution in [0, 0.1) is 6.92 Å². The van der Waals surface area contributed by atoms with Gasteiger partial charge < -0.3 is 10.1 Å². The summed E-state index contributed by atoms with van der Waals surface area (Å²) in [4.78, 5) is 13.2. The highest BCUT2D eigenvalue weighted by molar-refractivity contribution is 7.92. The molecular formula is C28H33N3O6S2. The highest BCUT2D eigenvalue weighted by atomic mass is 32.2. The third kappa shape index (κ3) is 6.78. The molecule has 1 amide bonds. The maximum absolute atomic E-state index is 13.6. The average Bonchev–Trinajstić information content (AvgIpc) is 3.23. The van der Waals surface area contributed by atoms with Crippen molar-refractivity contribution in [2.75, 3.05) is 36.4 Å². The van der Waals surface area contributed by atoms with Gasteiger partial charge >= 0.3 is 0 Å². The topological polar surface area (TPSA) is 113 Å². The monoisotopic (exact) mass is 571 g/mol. The van der Waals surface area contributed by atoms with E-state index in [-0.39, 0.29) is 9.79 Å². The van der Waals surface area contributed by atoms with E-state index in [2.05, 4.69) is 5.32 Å². The summed E-state index contributed by atoms with van der Waals surface area (Å²) >= 11 is 0. The van der Waals surface area contributed by atoms with E-state index < -0.39 is 32.5 Å². The zero-order valence-electron chi connectivity index (χ0n) is 22.0. The average molecular weight is 572 g/mol. The van der Waals surface area contributed by atoms with Crippen molar-refractivity contribution in [2.24, 2.45) is 0 Å². The van der Waals surface area contributed by atoms with E-state index in [1.807, 2.05) is 6.92 Å². The van der Waals surface area contributed by atoms with Crippen molar-refractivity contribution in [3.8, 4) is 5.75 Å². The Balaban J connectivity index is 1.53. The number of ether oxygens (including phenoxy) is 1. The lowest BCUT2D eigenvalue weighted by Gasteiger charge is -2.24. The van der Waals surface area contributed by atoms with E-state index in [4.69, 9.17) is 4.74 Å². The Morgan fingerprint density at radius 3 is 1.95 bits per heavy atom. The van der Waals surface area contributed by atoms with Crippen molar-refractivity contribution in [3.05, 3.63) is 78.4 Å². The first-order valence-corrected chi connectivity index (χ1v) is 15.6. The van der Waals surface area contributed by atoms with E-state index in [1.54, 1.807) is 36.4 Å². The third-order valence-corrected chi connectivity index (χ3v) is 10.3. The minimum atomic E-state index is -4.09. The Hall–Kier alpha value is -3.41. The standard InChI is InChI=1S/C28H33N3O6S2/c1-22-7-11-24(12-8-22)31(39(35,36)27-17-13-25(37-2)14-18-27)21-28(32)29-23-9-15-26(16-10-23)38(33,34)30-19-5-3-4-6-20-30/h7-18H,3-6,19-21H2,1-2H3,(H,29,32). The molecule has 1 heterocycles. The van der Waals surface area contributed by atoms with Gasteiger partial charge in [-0.3, -0.25) is 9.10 Å². The van der Waals surface area contributed by atoms with Crippen LogP contribution >= 0.6 is 0 Å². The van der Waals surface area contributed by atoms with Crippen molar-refractivity contribution in [3.63, 3.8) is 0 Å². The van der Waals surface area contributed by atoms with Crippen molar-refractivity contribution in [1.82, 2.24) is 4.31 Å². The number of rotatable bonds is 9. The van der Waals surface area contributed by atoms with Gasteiger partial charge in [0.05, 0.1) is 22.6 Å². The van der Waals surface area contributed by atoms with Crippen molar-refractivity contribution < 1.29 is 26.4 Å². The van der Waals surface area contributed by atoms with Crippen LogP contribution in [0.2, 0.25) is 0 Å². The quantitative estimate of drug-likeness (QED) is 0.407. The first-order valence-electron chi connectivity index (χ1n) is 12.7. The van der Waals surface area contributed by atoms with Crippen LogP contribution in [0.4, 0.5) is 11.4 Å². The highest BCUT2D eigenvalue weighted by Crippen LogP contribution is 2.26. The normalized spacial score (nSPS) is 14.8. The van der Waals surface area contributed by atoms with Gasteiger partial charge in [0.2, 0.25) is 15.9 Å². The smallest absolute Gasteiger partial charge is 0.264 e. The van der Waals surface area contributed by atoms with Gasteiger partial charge in [-0.2, -0.15) is 4.31 Å². The van der Waals surface area contributed by atoms with Crippen molar-refractivity contribution in [2.45, 2.75) is 42.4 Å². The summed E-state index contributed by atoms with van der Waals surface area (Å²) in [6, 6.07) is 18.7. The number of hydrogen-bond acceptors (Lipinski definition) is 6. The van der Waals surface area contributed by atoms with Crippen molar-refractivity contribution >= 4 is 37.3 Å². The van der Waals surface area contributed by atoms with Crippen LogP contribution in [0.1, 0.15) is 31.2 Å². The van der Waals surface area contributed by atoms with Gasteiger partial charge in [-0.05, 0) is 80.4 Å². The molecule has 208 valence electrons. The third-order valence-electron chi connectivity index (χ3n) is 6.60. The molecule has 3 aromatic carbocycles. The molecule has 1 N–H and O–H groups in total. The minimum absolute atomic E-state index is 0.0137. The van der Waals surface area contributed by atoms with Crippen LogP contribution in [0.15, 0.2) is 82.6 Å². The number of methoxy groups -OCH3 is 1. The number of sulfonamides is 2. The molecule has 1 aliphatic heterocycles. The van der Waals surface area contributed by atoms with E-state index in [0.717, 1.165) is 35.6 Å². The summed E-state index contributed by atoms with van der Waals surface area (Å²) in [5.41, 5.74) is 1.64. The molecule has 3 aromatic rings. The lowest BCUT2D eigenvalue weighted by molar-refractivity contribution is -0.114. The van der Waals surface area contributed by atoms with Gasteiger partial charge in [-0.15, -0.1) is 0 Å². The van der Waals surface area contributed by atoms with E-state index in [9.17, 15) is 21.6 Å². The lowest BCUT2D eigenvalue weighted by Crippen LogP contribution is -2.38. The van der Waals surface area contributed by atoms with Gasteiger partial charge in [0, 0.05) is 18.8 Å². The molecule has 0 saturated carbocycles. The number of nitrogens with zero attached hydrogens (tertiary/aromatic N) is 2. The maximum Gasteiger partial charge on any atom is 0.264 e. The second kappa shape index (κ2) is 12.2. The second-order valence-electron chi connectivity index (χ2n) is 9.41. The van der Waals surface area contributed by atoms with Gasteiger partial charge in [-0.25, -0.2) is 16.8 Å². The second-order valence-corrected chi connectivity index (χ2v) is 13.2. The van der Waals surface area contributed by atoms with Crippen LogP contribution < -0.4 is 14.4 Å². The Bertz CT molecular complexity index is 1480. The number of carbonyl (C=O) groups excluding carboxylic acids is 1. The zero-order chi connectivity index (χ0) is 28.0. The molecular weight excluding hydrogens is 538 g/mol. The molecule has 0 aliphatic carbocycles. The number of carbonyl (C=O) groups is 1. The van der Waals surface area contributed by atoms with E-state index in [1.165, 1.54) is 47.8 Å². The number of benzene rings is 3. The lowest BCUT2D eigenvalue weighted by atomic mass is 10.2. The summed E-state index contributed by atoms with van der Waals surface area (Å²) < 4.78 is 60.9. The maximum atomic E-state index is 13.6. The fraction of sp³-hybridized carbons (Fsp3) is 0.321. The van der Waals surface area contributed by atoms with Gasteiger partial charge in [0.25, 0.3) is 10.0 Å². The van der Waals surface area contributed by atoms with Gasteiger partial charge in [0.1, 0.15) is 12.3 Å². The summed E-state index contributed by atoms with van der Waals surface area (Å²) in [6.07, 6.45) is 3.71. The molecule has 4 rings (SSSR count). The van der Waals surface area contributed by atoms with Crippen LogP contribution in [-0.4, -0.2) is 53.8 Å². The molecule has 9 nitrogen and oxygen atoms in total. The molecule has 0 radical (unpaired) electrons. The first-order chi connectivity index (χ1) is 18.6. The number of nitrogens with one attached hydrogen (secondary N) is 1. The molecule has 39 heavy (non-hydrogen) atoms. The molecule has 0 bridgehead atoms. The zero-order valence-corrected chi connectivity index (χ0v) is 23.7. The van der Waals surface area contributed by atoms with Crippen LogP contribution in [0.3, 0.4) is 0 Å². The fourth-order valence-corrected chi connectivity index (χ4v) is 7.31.